The Morgan fingerprint density at radius 2 is 1.86 bits per heavy atom. The van der Waals surface area contributed by atoms with E-state index in [1.807, 2.05) is 48.3 Å². The van der Waals surface area contributed by atoms with Gasteiger partial charge in [0, 0.05) is 13.1 Å². The number of anilines is 1. The predicted octanol–water partition coefficient (Wildman–Crippen LogP) is 3.60. The smallest absolute Gasteiger partial charge is 0.298 e. The van der Waals surface area contributed by atoms with Crippen LogP contribution in [-0.4, -0.2) is 23.2 Å². The zero-order valence-electron chi connectivity index (χ0n) is 12.2. The molecule has 0 saturated heterocycles. The number of fused-ring (bicyclic) bond motifs is 1. The second-order valence-corrected chi connectivity index (χ2v) is 5.29. The Balaban J connectivity index is 1.77. The first-order valence-electron chi connectivity index (χ1n) is 7.00. The summed E-state index contributed by atoms with van der Waals surface area (Å²) < 4.78 is 5.78. The second kappa shape index (κ2) is 5.48. The Hall–Kier alpha value is -2.49. The lowest BCUT2D eigenvalue weighted by Gasteiger charge is -2.23. The van der Waals surface area contributed by atoms with Gasteiger partial charge >= 0.3 is 0 Å². The molecule has 21 heavy (non-hydrogen) atoms. The summed E-state index contributed by atoms with van der Waals surface area (Å²) >= 11 is 0. The fourth-order valence-corrected chi connectivity index (χ4v) is 2.31. The molecule has 3 aromatic rings. The molecule has 0 aliphatic carbocycles. The van der Waals surface area contributed by atoms with Gasteiger partial charge in [-0.05, 0) is 43.2 Å². The van der Waals surface area contributed by atoms with Gasteiger partial charge in [0.1, 0.15) is 11.3 Å². The molecule has 1 aromatic heterocycles. The van der Waals surface area contributed by atoms with Crippen molar-refractivity contribution in [3.05, 3.63) is 54.1 Å². The average Bonchev–Trinajstić information content (AvgIpc) is 2.92. The topological polar surface area (TPSA) is 49.5 Å². The molecular formula is C17H18N2O2. The molecule has 0 bridgehead atoms. The summed E-state index contributed by atoms with van der Waals surface area (Å²) in [6.45, 7) is 2.13. The van der Waals surface area contributed by atoms with Crippen LogP contribution in [0.1, 0.15) is 12.5 Å². The summed E-state index contributed by atoms with van der Waals surface area (Å²) in [7, 11) is 1.98. The minimum absolute atomic E-state index is 0.239. The Labute approximate surface area is 123 Å². The monoisotopic (exact) mass is 282 g/mol. The van der Waals surface area contributed by atoms with Crippen molar-refractivity contribution in [2.75, 3.05) is 11.9 Å². The number of para-hydroxylation sites is 2. The molecule has 1 atom stereocenters. The van der Waals surface area contributed by atoms with Crippen LogP contribution in [0.25, 0.3) is 11.1 Å². The highest BCUT2D eigenvalue weighted by atomic mass is 16.4. The minimum Gasteiger partial charge on any atom is -0.508 e. The molecule has 0 amide bonds. The molecule has 3 rings (SSSR count). The number of hydrogen-bond donors (Lipinski definition) is 1. The van der Waals surface area contributed by atoms with Gasteiger partial charge in [-0.2, -0.15) is 4.98 Å². The molecule has 1 heterocycles. The fraction of sp³-hybridized carbons (Fsp3) is 0.235. The second-order valence-electron chi connectivity index (χ2n) is 5.29. The van der Waals surface area contributed by atoms with E-state index in [2.05, 4.69) is 11.9 Å². The number of benzene rings is 2. The Kier molecular flexibility index (Phi) is 3.52. The lowest BCUT2D eigenvalue weighted by molar-refractivity contribution is 0.475. The number of nitrogens with zero attached hydrogens (tertiary/aromatic N) is 2. The van der Waals surface area contributed by atoms with Crippen LogP contribution in [0.2, 0.25) is 0 Å². The number of phenolic OH excluding ortho intramolecular Hbond substituents is 1. The van der Waals surface area contributed by atoms with Crippen LogP contribution in [0.4, 0.5) is 6.01 Å². The first-order valence-corrected chi connectivity index (χ1v) is 7.00. The molecule has 0 aliphatic rings. The summed E-state index contributed by atoms with van der Waals surface area (Å²) in [6.07, 6.45) is 0.857. The van der Waals surface area contributed by atoms with E-state index >= 15 is 0 Å². The van der Waals surface area contributed by atoms with E-state index in [0.717, 1.165) is 17.5 Å². The number of aromatic hydroxyl groups is 1. The first kappa shape index (κ1) is 13.5. The summed E-state index contributed by atoms with van der Waals surface area (Å²) in [5.74, 6) is 0.290. The largest absolute Gasteiger partial charge is 0.508 e. The van der Waals surface area contributed by atoms with Gasteiger partial charge in [-0.15, -0.1) is 0 Å². The van der Waals surface area contributed by atoms with Crippen LogP contribution < -0.4 is 4.90 Å². The normalized spacial score (nSPS) is 12.5. The van der Waals surface area contributed by atoms with Gasteiger partial charge in [-0.3, -0.25) is 0 Å². The van der Waals surface area contributed by atoms with Crippen molar-refractivity contribution in [3.8, 4) is 5.75 Å². The molecular weight excluding hydrogens is 264 g/mol. The van der Waals surface area contributed by atoms with Crippen LogP contribution in [-0.2, 0) is 6.42 Å². The molecule has 0 aliphatic heterocycles. The molecule has 0 radical (unpaired) electrons. The van der Waals surface area contributed by atoms with E-state index in [0.29, 0.717) is 11.8 Å². The highest BCUT2D eigenvalue weighted by Gasteiger charge is 2.16. The number of aromatic nitrogens is 1. The Morgan fingerprint density at radius 3 is 2.57 bits per heavy atom. The Morgan fingerprint density at radius 1 is 1.14 bits per heavy atom. The molecule has 4 heteroatoms. The number of hydrogen-bond acceptors (Lipinski definition) is 4. The third-order valence-electron chi connectivity index (χ3n) is 3.71. The van der Waals surface area contributed by atoms with Gasteiger partial charge in [0.2, 0.25) is 0 Å². The lowest BCUT2D eigenvalue weighted by Crippen LogP contribution is -2.30. The molecule has 0 unspecified atom stereocenters. The van der Waals surface area contributed by atoms with Crippen LogP contribution in [0.3, 0.4) is 0 Å². The van der Waals surface area contributed by atoms with Crippen molar-refractivity contribution in [2.45, 2.75) is 19.4 Å². The van der Waals surface area contributed by atoms with Gasteiger partial charge < -0.3 is 14.4 Å². The van der Waals surface area contributed by atoms with Crippen LogP contribution in [0.15, 0.2) is 52.9 Å². The van der Waals surface area contributed by atoms with E-state index in [1.54, 1.807) is 12.1 Å². The van der Waals surface area contributed by atoms with Crippen molar-refractivity contribution in [1.29, 1.82) is 0 Å². The van der Waals surface area contributed by atoms with Crippen molar-refractivity contribution >= 4 is 17.1 Å². The fourth-order valence-electron chi connectivity index (χ4n) is 2.31. The van der Waals surface area contributed by atoms with Crippen molar-refractivity contribution in [1.82, 2.24) is 4.98 Å². The van der Waals surface area contributed by atoms with Gasteiger partial charge in [0.15, 0.2) is 5.58 Å². The molecule has 0 saturated carbocycles. The van der Waals surface area contributed by atoms with Crippen LogP contribution in [0.5, 0.6) is 5.75 Å². The number of phenols is 1. The summed E-state index contributed by atoms with van der Waals surface area (Å²) in [4.78, 5) is 6.54. The van der Waals surface area contributed by atoms with Crippen LogP contribution >= 0.6 is 0 Å². The standard InChI is InChI=1S/C17H18N2O2/c1-12(11-13-7-9-14(20)10-8-13)19(2)17-18-15-5-3-4-6-16(15)21-17/h3-10,12,20H,11H2,1-2H3/t12-/m1/s1. The van der Waals surface area contributed by atoms with E-state index in [4.69, 9.17) is 4.42 Å². The van der Waals surface area contributed by atoms with E-state index in [-0.39, 0.29) is 6.04 Å². The number of oxazole rings is 1. The maximum atomic E-state index is 9.32. The molecule has 1 N–H and O–H groups in total. The molecule has 0 spiro atoms. The maximum absolute atomic E-state index is 9.32. The maximum Gasteiger partial charge on any atom is 0.298 e. The summed E-state index contributed by atoms with van der Waals surface area (Å²) in [5, 5.41) is 9.32. The number of rotatable bonds is 4. The first-order chi connectivity index (χ1) is 10.1. The van der Waals surface area contributed by atoms with Crippen molar-refractivity contribution in [3.63, 3.8) is 0 Å². The van der Waals surface area contributed by atoms with Gasteiger partial charge in [0.25, 0.3) is 6.01 Å². The molecule has 2 aromatic carbocycles. The minimum atomic E-state index is 0.239. The van der Waals surface area contributed by atoms with Gasteiger partial charge in [-0.1, -0.05) is 24.3 Å². The molecule has 0 fully saturated rings. The van der Waals surface area contributed by atoms with Crippen molar-refractivity contribution < 1.29 is 9.52 Å². The van der Waals surface area contributed by atoms with Crippen LogP contribution in [0, 0.1) is 0 Å². The van der Waals surface area contributed by atoms with Gasteiger partial charge in [0.05, 0.1) is 0 Å². The summed E-state index contributed by atoms with van der Waals surface area (Å²) in [6, 6.07) is 15.9. The highest BCUT2D eigenvalue weighted by molar-refractivity contribution is 5.74. The predicted molar refractivity (Wildman–Crippen MR) is 83.7 cm³/mol. The third kappa shape index (κ3) is 2.84. The zero-order chi connectivity index (χ0) is 14.8. The third-order valence-corrected chi connectivity index (χ3v) is 3.71. The summed E-state index contributed by atoms with van der Waals surface area (Å²) in [5.41, 5.74) is 2.84. The van der Waals surface area contributed by atoms with Crippen molar-refractivity contribution in [2.24, 2.45) is 0 Å². The molecule has 108 valence electrons. The van der Waals surface area contributed by atoms with E-state index in [9.17, 15) is 5.11 Å². The number of likely N-dealkylation sites (N-methyl/N-ethyl adjacent to an activating group) is 1. The van der Waals surface area contributed by atoms with Gasteiger partial charge in [-0.25, -0.2) is 0 Å². The SMILES string of the molecule is C[C@H](Cc1ccc(O)cc1)N(C)c1nc2ccccc2o1. The van der Waals surface area contributed by atoms with E-state index in [1.165, 1.54) is 5.56 Å². The lowest BCUT2D eigenvalue weighted by atomic mass is 10.1. The zero-order valence-corrected chi connectivity index (χ0v) is 12.2. The average molecular weight is 282 g/mol. The van der Waals surface area contributed by atoms with E-state index < -0.39 is 0 Å². The molecule has 4 nitrogen and oxygen atoms in total. The Bertz CT molecular complexity index is 701. The quantitative estimate of drug-likeness (QED) is 0.794. The highest BCUT2D eigenvalue weighted by Crippen LogP contribution is 2.23.